The van der Waals surface area contributed by atoms with Gasteiger partial charge in [0.15, 0.2) is 0 Å². The third kappa shape index (κ3) is 4.73. The van der Waals surface area contributed by atoms with Gasteiger partial charge in [-0.25, -0.2) is 4.98 Å². The van der Waals surface area contributed by atoms with Crippen molar-refractivity contribution in [1.29, 1.82) is 0 Å². The van der Waals surface area contributed by atoms with E-state index in [0.717, 1.165) is 12.1 Å². The van der Waals surface area contributed by atoms with E-state index in [1.54, 1.807) is 6.07 Å². The summed E-state index contributed by atoms with van der Waals surface area (Å²) in [7, 11) is 0. The van der Waals surface area contributed by atoms with E-state index in [9.17, 15) is 18.0 Å². The molecule has 9 heteroatoms. The van der Waals surface area contributed by atoms with E-state index < -0.39 is 12.3 Å². The minimum atomic E-state index is -4.75. The summed E-state index contributed by atoms with van der Waals surface area (Å²) in [5, 5.41) is 2.82. The highest BCUT2D eigenvalue weighted by Gasteiger charge is 2.30. The zero-order valence-corrected chi connectivity index (χ0v) is 13.5. The number of hydrogen-bond donors (Lipinski definition) is 1. The molecule has 0 saturated carbocycles. The van der Waals surface area contributed by atoms with Crippen molar-refractivity contribution < 1.29 is 22.7 Å². The number of pyridine rings is 1. The van der Waals surface area contributed by atoms with Gasteiger partial charge in [-0.1, -0.05) is 11.6 Å². The Labute approximate surface area is 141 Å². The fourth-order valence-electron chi connectivity index (χ4n) is 1.49. The molecule has 1 aromatic carbocycles. The number of benzene rings is 1. The summed E-state index contributed by atoms with van der Waals surface area (Å²) >= 11 is 7.69. The van der Waals surface area contributed by atoms with Crippen LogP contribution in [0.2, 0.25) is 5.15 Å². The summed E-state index contributed by atoms with van der Waals surface area (Å²) in [6.45, 7) is 0. The molecule has 0 aliphatic heterocycles. The highest BCUT2D eigenvalue weighted by molar-refractivity contribution is 14.1. The van der Waals surface area contributed by atoms with Crippen molar-refractivity contribution in [2.75, 3.05) is 5.32 Å². The first-order valence-corrected chi connectivity index (χ1v) is 7.18. The number of nitrogens with one attached hydrogen (secondary N) is 1. The Morgan fingerprint density at radius 2 is 1.91 bits per heavy atom. The first kappa shape index (κ1) is 16.8. The number of anilines is 1. The largest absolute Gasteiger partial charge is 0.573 e. The standard InChI is InChI=1S/C13H7ClF3IN2O2/c14-11-10(18)5-7(6-19-11)12(21)20-8-1-3-9(4-2-8)22-13(15,16)17/h1-6H,(H,20,21). The normalized spacial score (nSPS) is 11.1. The van der Waals surface area contributed by atoms with E-state index in [0.29, 0.717) is 9.26 Å². The smallest absolute Gasteiger partial charge is 0.406 e. The Kier molecular flexibility index (Phi) is 5.12. The van der Waals surface area contributed by atoms with Crippen LogP contribution in [0, 0.1) is 3.57 Å². The monoisotopic (exact) mass is 442 g/mol. The third-order valence-corrected chi connectivity index (χ3v) is 3.85. The van der Waals surface area contributed by atoms with E-state index in [-0.39, 0.29) is 16.5 Å². The minimum Gasteiger partial charge on any atom is -0.406 e. The molecule has 116 valence electrons. The van der Waals surface area contributed by atoms with Crippen LogP contribution in [0.3, 0.4) is 0 Å². The van der Waals surface area contributed by atoms with Crippen molar-refractivity contribution in [2.24, 2.45) is 0 Å². The first-order chi connectivity index (χ1) is 10.2. The van der Waals surface area contributed by atoms with Crippen LogP contribution < -0.4 is 10.1 Å². The SMILES string of the molecule is O=C(Nc1ccc(OC(F)(F)F)cc1)c1cnc(Cl)c(I)c1. The predicted molar refractivity (Wildman–Crippen MR) is 83.0 cm³/mol. The number of carbonyl (C=O) groups is 1. The Hall–Kier alpha value is -1.55. The van der Waals surface area contributed by atoms with Gasteiger partial charge in [-0.05, 0) is 52.9 Å². The lowest BCUT2D eigenvalue weighted by atomic mass is 10.2. The van der Waals surface area contributed by atoms with Crippen LogP contribution in [0.4, 0.5) is 18.9 Å². The number of halogens is 5. The maximum absolute atomic E-state index is 12.0. The van der Waals surface area contributed by atoms with Gasteiger partial charge < -0.3 is 10.1 Å². The van der Waals surface area contributed by atoms with Gasteiger partial charge >= 0.3 is 6.36 Å². The predicted octanol–water partition coefficient (Wildman–Crippen LogP) is 4.49. The average Bonchev–Trinajstić information content (AvgIpc) is 2.42. The van der Waals surface area contributed by atoms with Crippen molar-refractivity contribution >= 4 is 45.8 Å². The summed E-state index contributed by atoms with van der Waals surface area (Å²) in [5.74, 6) is -0.820. The summed E-state index contributed by atoms with van der Waals surface area (Å²) in [5.41, 5.74) is 0.605. The van der Waals surface area contributed by atoms with Crippen LogP contribution in [0.5, 0.6) is 5.75 Å². The Morgan fingerprint density at radius 3 is 2.45 bits per heavy atom. The molecular weight excluding hydrogens is 436 g/mol. The van der Waals surface area contributed by atoms with Crippen molar-refractivity contribution in [3.63, 3.8) is 0 Å². The number of rotatable bonds is 3. The number of aromatic nitrogens is 1. The van der Waals surface area contributed by atoms with Crippen molar-refractivity contribution in [3.8, 4) is 5.75 Å². The molecular formula is C13H7ClF3IN2O2. The second-order valence-corrected chi connectivity index (χ2v) is 5.54. The molecule has 0 atom stereocenters. The van der Waals surface area contributed by atoms with Gasteiger partial charge in [-0.3, -0.25) is 4.79 Å². The summed E-state index contributed by atoms with van der Waals surface area (Å²) in [6.07, 6.45) is -3.45. The molecule has 1 heterocycles. The van der Waals surface area contributed by atoms with Gasteiger partial charge in [0, 0.05) is 11.9 Å². The van der Waals surface area contributed by atoms with E-state index in [1.807, 2.05) is 22.6 Å². The molecule has 0 spiro atoms. The molecule has 0 fully saturated rings. The molecule has 1 amide bonds. The molecule has 1 N–H and O–H groups in total. The zero-order valence-electron chi connectivity index (χ0n) is 10.6. The van der Waals surface area contributed by atoms with Crippen LogP contribution in [-0.2, 0) is 0 Å². The van der Waals surface area contributed by atoms with E-state index in [2.05, 4.69) is 15.0 Å². The molecule has 4 nitrogen and oxygen atoms in total. The second kappa shape index (κ2) is 6.69. The molecule has 0 aliphatic rings. The Balaban J connectivity index is 2.07. The topological polar surface area (TPSA) is 51.2 Å². The number of nitrogens with zero attached hydrogens (tertiary/aromatic N) is 1. The Morgan fingerprint density at radius 1 is 1.27 bits per heavy atom. The lowest BCUT2D eigenvalue weighted by Gasteiger charge is -2.10. The third-order valence-electron chi connectivity index (χ3n) is 2.40. The van der Waals surface area contributed by atoms with Crippen molar-refractivity contribution in [2.45, 2.75) is 6.36 Å². The molecule has 0 aliphatic carbocycles. The molecule has 2 rings (SSSR count). The molecule has 2 aromatic rings. The average molecular weight is 443 g/mol. The van der Waals surface area contributed by atoms with Crippen LogP contribution >= 0.6 is 34.2 Å². The van der Waals surface area contributed by atoms with Crippen LogP contribution in [0.15, 0.2) is 36.5 Å². The number of amides is 1. The number of hydrogen-bond acceptors (Lipinski definition) is 3. The molecule has 22 heavy (non-hydrogen) atoms. The zero-order chi connectivity index (χ0) is 16.3. The number of alkyl halides is 3. The van der Waals surface area contributed by atoms with Crippen LogP contribution in [-0.4, -0.2) is 17.3 Å². The highest BCUT2D eigenvalue weighted by atomic mass is 127. The molecule has 0 saturated heterocycles. The van der Waals surface area contributed by atoms with Gasteiger partial charge in [-0.2, -0.15) is 0 Å². The summed E-state index contributed by atoms with van der Waals surface area (Å²) < 4.78 is 40.4. The van der Waals surface area contributed by atoms with Crippen molar-refractivity contribution in [3.05, 3.63) is 50.8 Å². The van der Waals surface area contributed by atoms with E-state index >= 15 is 0 Å². The van der Waals surface area contributed by atoms with Crippen molar-refractivity contribution in [1.82, 2.24) is 4.98 Å². The lowest BCUT2D eigenvalue weighted by molar-refractivity contribution is -0.274. The highest BCUT2D eigenvalue weighted by Crippen LogP contribution is 2.24. The molecule has 0 radical (unpaired) electrons. The lowest BCUT2D eigenvalue weighted by Crippen LogP contribution is -2.17. The van der Waals surface area contributed by atoms with Gasteiger partial charge in [0.25, 0.3) is 5.91 Å². The van der Waals surface area contributed by atoms with Gasteiger partial charge in [0.05, 0.1) is 9.13 Å². The fourth-order valence-corrected chi connectivity index (χ4v) is 2.07. The molecule has 1 aromatic heterocycles. The second-order valence-electron chi connectivity index (χ2n) is 4.02. The fraction of sp³-hybridized carbons (Fsp3) is 0.0769. The summed E-state index contributed by atoms with van der Waals surface area (Å²) in [6, 6.07) is 6.35. The summed E-state index contributed by atoms with van der Waals surface area (Å²) in [4.78, 5) is 15.8. The van der Waals surface area contributed by atoms with Gasteiger partial charge in [-0.15, -0.1) is 13.2 Å². The van der Waals surface area contributed by atoms with Gasteiger partial charge in [0.2, 0.25) is 0 Å². The first-order valence-electron chi connectivity index (χ1n) is 5.73. The minimum absolute atomic E-state index is 0.282. The maximum Gasteiger partial charge on any atom is 0.573 e. The quantitative estimate of drug-likeness (QED) is 0.563. The maximum atomic E-state index is 12.0. The van der Waals surface area contributed by atoms with Gasteiger partial charge in [0.1, 0.15) is 10.9 Å². The van der Waals surface area contributed by atoms with E-state index in [4.69, 9.17) is 11.6 Å². The van der Waals surface area contributed by atoms with Crippen LogP contribution in [0.25, 0.3) is 0 Å². The molecule has 0 unspecified atom stereocenters. The van der Waals surface area contributed by atoms with Crippen LogP contribution in [0.1, 0.15) is 10.4 Å². The number of ether oxygens (including phenoxy) is 1. The molecule has 0 bridgehead atoms. The van der Waals surface area contributed by atoms with E-state index in [1.165, 1.54) is 18.3 Å². The number of carbonyl (C=O) groups excluding carboxylic acids is 1. The Bertz CT molecular complexity index is 693.